The summed E-state index contributed by atoms with van der Waals surface area (Å²) in [6, 6.07) is 9.53. The predicted molar refractivity (Wildman–Crippen MR) is 175 cm³/mol. The molecule has 1 fully saturated rings. The van der Waals surface area contributed by atoms with Crippen LogP contribution in [0.15, 0.2) is 30.5 Å². The van der Waals surface area contributed by atoms with Gasteiger partial charge in [0.1, 0.15) is 18.1 Å². The summed E-state index contributed by atoms with van der Waals surface area (Å²) in [5.41, 5.74) is 3.70. The number of sulfone groups is 1. The lowest BCUT2D eigenvalue weighted by atomic mass is 9.83. The molecule has 0 spiro atoms. The van der Waals surface area contributed by atoms with Crippen LogP contribution >= 0.6 is 0 Å². The number of aryl methyl sites for hydroxylation is 1. The first-order valence-electron chi connectivity index (χ1n) is 14.7. The van der Waals surface area contributed by atoms with Crippen molar-refractivity contribution < 1.29 is 17.6 Å². The Balaban J connectivity index is 1.50. The molecule has 14 heteroatoms. The minimum absolute atomic E-state index is 0.0311. The van der Waals surface area contributed by atoms with Gasteiger partial charge in [0.25, 0.3) is 0 Å². The SMILES string of the molecule is Cc1cc(Nc2nccc(-c3cc(C#N)c4c(c3)[C@@](C)(CO[Si](C)(C)C(C)(C)C)CN4[B]C=O)n2)n(C2CCS(=O)(=O)C2)n1. The molecule has 2 atom stereocenters. The largest absolute Gasteiger partial charge is 0.416 e. The fourth-order valence-electron chi connectivity index (χ4n) is 5.61. The molecule has 5 rings (SSSR count). The summed E-state index contributed by atoms with van der Waals surface area (Å²) in [4.78, 5) is 22.6. The smallest absolute Gasteiger partial charge is 0.329 e. The topological polar surface area (TPSA) is 143 Å². The standard InChI is InChI=1S/C30H39BN7O4SSi/c1-20-12-26(38(36-20)23-9-11-43(40,41)16-23)35-28-33-10-8-25(34-28)21-13-22(15-32)27-24(14-21)30(5,17-37(27)31-19-39)18-42-44(6,7)29(2,3)4/h8,10,12-14,19,23H,9,11,16-18H2,1-7H3,(H,33,34,35)/t23?,30-/m1/s1. The Morgan fingerprint density at radius 3 is 2.68 bits per heavy atom. The molecule has 44 heavy (non-hydrogen) atoms. The van der Waals surface area contributed by atoms with Crippen molar-refractivity contribution in [1.29, 1.82) is 5.26 Å². The Labute approximate surface area is 261 Å². The van der Waals surface area contributed by atoms with Crippen LogP contribution in [0.4, 0.5) is 17.5 Å². The van der Waals surface area contributed by atoms with E-state index in [0.29, 0.717) is 48.3 Å². The molecule has 1 unspecified atom stereocenters. The van der Waals surface area contributed by atoms with E-state index in [2.05, 4.69) is 62.3 Å². The van der Waals surface area contributed by atoms with E-state index in [9.17, 15) is 18.5 Å². The van der Waals surface area contributed by atoms with Crippen molar-refractivity contribution in [2.24, 2.45) is 0 Å². The number of carbonyl (C=O) groups is 1. The maximum atomic E-state index is 12.1. The quantitative estimate of drug-likeness (QED) is 0.264. The Morgan fingerprint density at radius 2 is 2.05 bits per heavy atom. The molecule has 4 heterocycles. The third kappa shape index (κ3) is 6.18. The molecule has 231 valence electrons. The number of benzene rings is 1. The van der Waals surface area contributed by atoms with Crippen molar-refractivity contribution in [3.05, 3.63) is 47.3 Å². The van der Waals surface area contributed by atoms with Crippen LogP contribution in [0.2, 0.25) is 18.1 Å². The van der Waals surface area contributed by atoms with E-state index < -0.39 is 23.6 Å². The number of rotatable bonds is 9. The number of nitriles is 1. The van der Waals surface area contributed by atoms with E-state index in [1.165, 1.54) is 7.41 Å². The second kappa shape index (κ2) is 11.4. The highest BCUT2D eigenvalue weighted by Gasteiger charge is 2.44. The molecule has 3 aromatic rings. The molecule has 2 aliphatic heterocycles. The molecule has 1 saturated heterocycles. The number of hydrogen-bond donors (Lipinski definition) is 1. The van der Waals surface area contributed by atoms with Crippen LogP contribution in [-0.2, 0) is 24.5 Å². The van der Waals surface area contributed by atoms with E-state index in [1.54, 1.807) is 23.0 Å². The first-order valence-corrected chi connectivity index (χ1v) is 19.4. The third-order valence-corrected chi connectivity index (χ3v) is 15.3. The second-order valence-corrected chi connectivity index (χ2v) is 20.7. The molecule has 1 N–H and O–H groups in total. The number of hydrogen-bond acceptors (Lipinski definition) is 10. The van der Waals surface area contributed by atoms with Crippen molar-refractivity contribution in [2.45, 2.75) is 70.6 Å². The summed E-state index contributed by atoms with van der Waals surface area (Å²) in [7, 11) is -3.70. The van der Waals surface area contributed by atoms with E-state index in [-0.39, 0.29) is 22.6 Å². The average molecular weight is 633 g/mol. The Hall–Kier alpha value is -3.54. The molecular formula is C30H39BN7O4SSi. The van der Waals surface area contributed by atoms with Gasteiger partial charge in [-0.3, -0.25) is 0 Å². The highest BCUT2D eigenvalue weighted by molar-refractivity contribution is 7.91. The number of anilines is 3. The summed E-state index contributed by atoms with van der Waals surface area (Å²) < 4.78 is 32.6. The van der Waals surface area contributed by atoms with Crippen LogP contribution in [0.25, 0.3) is 11.3 Å². The third-order valence-electron chi connectivity index (χ3n) is 9.09. The lowest BCUT2D eigenvalue weighted by molar-refractivity contribution is 0.219. The molecule has 1 radical (unpaired) electrons. The Bertz CT molecular complexity index is 1750. The highest BCUT2D eigenvalue weighted by Crippen LogP contribution is 2.46. The van der Waals surface area contributed by atoms with Gasteiger partial charge in [-0.15, -0.1) is 0 Å². The van der Waals surface area contributed by atoms with Crippen LogP contribution in [-0.4, -0.2) is 74.7 Å². The molecule has 1 aromatic carbocycles. The zero-order valence-electron chi connectivity index (χ0n) is 26.4. The molecule has 0 amide bonds. The van der Waals surface area contributed by atoms with Gasteiger partial charge in [-0.1, -0.05) is 27.7 Å². The Kier molecular flexibility index (Phi) is 8.28. The van der Waals surface area contributed by atoms with E-state index >= 15 is 0 Å². The van der Waals surface area contributed by atoms with Crippen molar-refractivity contribution in [2.75, 3.05) is 34.8 Å². The minimum Gasteiger partial charge on any atom is -0.416 e. The van der Waals surface area contributed by atoms with Crippen LogP contribution < -0.4 is 10.1 Å². The van der Waals surface area contributed by atoms with Gasteiger partial charge in [-0.25, -0.2) is 23.1 Å². The molecule has 0 saturated carbocycles. The van der Waals surface area contributed by atoms with Crippen molar-refractivity contribution >= 4 is 49.2 Å². The molecule has 11 nitrogen and oxygen atoms in total. The minimum atomic E-state index is -3.09. The monoisotopic (exact) mass is 632 g/mol. The number of carbonyl (C=O) groups excluding carboxylic acids is 1. The molecular weight excluding hydrogens is 593 g/mol. The number of nitrogens with one attached hydrogen (secondary N) is 1. The van der Waals surface area contributed by atoms with E-state index in [4.69, 9.17) is 9.41 Å². The molecule has 2 aliphatic rings. The lowest BCUT2D eigenvalue weighted by Gasteiger charge is -2.39. The van der Waals surface area contributed by atoms with Gasteiger partial charge in [0.15, 0.2) is 18.2 Å². The summed E-state index contributed by atoms with van der Waals surface area (Å²) in [6.07, 6.45) is 2.89. The van der Waals surface area contributed by atoms with Crippen LogP contribution in [0.1, 0.15) is 57.0 Å². The highest BCUT2D eigenvalue weighted by atomic mass is 32.2. The zero-order valence-corrected chi connectivity index (χ0v) is 28.2. The van der Waals surface area contributed by atoms with Crippen molar-refractivity contribution in [1.82, 2.24) is 19.7 Å². The van der Waals surface area contributed by atoms with Crippen LogP contribution in [0.5, 0.6) is 0 Å². The maximum absolute atomic E-state index is 12.1. The van der Waals surface area contributed by atoms with Gasteiger partial charge in [0, 0.05) is 42.1 Å². The van der Waals surface area contributed by atoms with Gasteiger partial charge >= 0.3 is 7.41 Å². The summed E-state index contributed by atoms with van der Waals surface area (Å²) in [6.45, 7) is 16.0. The fourth-order valence-corrected chi connectivity index (χ4v) is 8.41. The average Bonchev–Trinajstić information content (AvgIpc) is 3.59. The van der Waals surface area contributed by atoms with Gasteiger partial charge in [-0.05, 0) is 55.2 Å². The summed E-state index contributed by atoms with van der Waals surface area (Å²) in [5, 5.41) is 18.0. The van der Waals surface area contributed by atoms with E-state index in [1.807, 2.05) is 23.9 Å². The maximum Gasteiger partial charge on any atom is 0.329 e. The van der Waals surface area contributed by atoms with E-state index in [0.717, 1.165) is 23.0 Å². The van der Waals surface area contributed by atoms with Crippen molar-refractivity contribution in [3.63, 3.8) is 0 Å². The fraction of sp³-hybridized carbons (Fsp3) is 0.500. The number of fused-ring (bicyclic) bond motifs is 1. The second-order valence-electron chi connectivity index (χ2n) is 13.6. The summed E-state index contributed by atoms with van der Waals surface area (Å²) in [5.74, 6) is 1.13. The predicted octanol–water partition coefficient (Wildman–Crippen LogP) is 4.53. The first kappa shape index (κ1) is 31.9. The van der Waals surface area contributed by atoms with Crippen LogP contribution in [0.3, 0.4) is 0 Å². The molecule has 2 aromatic heterocycles. The Morgan fingerprint density at radius 1 is 1.30 bits per heavy atom. The normalized spacial score (nSPS) is 21.1. The van der Waals surface area contributed by atoms with Gasteiger partial charge in [0.2, 0.25) is 5.95 Å². The first-order chi connectivity index (χ1) is 20.6. The van der Waals surface area contributed by atoms with Gasteiger partial charge < -0.3 is 19.3 Å². The van der Waals surface area contributed by atoms with Gasteiger partial charge in [-0.2, -0.15) is 10.4 Å². The molecule has 0 bridgehead atoms. The zero-order chi connectivity index (χ0) is 32.1. The lowest BCUT2D eigenvalue weighted by Crippen LogP contribution is -2.46. The number of nitrogens with zero attached hydrogens (tertiary/aromatic N) is 6. The summed E-state index contributed by atoms with van der Waals surface area (Å²) >= 11 is 0. The van der Waals surface area contributed by atoms with Crippen LogP contribution in [0, 0.1) is 18.3 Å². The van der Waals surface area contributed by atoms with Crippen molar-refractivity contribution in [3.8, 4) is 17.3 Å². The number of aromatic nitrogens is 4. The molecule has 0 aliphatic carbocycles. The van der Waals surface area contributed by atoms with Gasteiger partial charge in [0.05, 0.1) is 34.5 Å².